The lowest BCUT2D eigenvalue weighted by atomic mass is 10.0. The SMILES string of the molecule is C=CC(=O)c1ccc(NC(=O)C2CCCCN2)c(F)c1CNc1nc(NC2CCOCC2)nc2c(C(C)C)cnn12. The first-order valence-corrected chi connectivity index (χ1v) is 14.2. The monoisotopic (exact) mass is 564 g/mol. The molecular weight excluding hydrogens is 527 g/mol. The van der Waals surface area contributed by atoms with Gasteiger partial charge >= 0.3 is 0 Å². The number of anilines is 3. The highest BCUT2D eigenvalue weighted by Gasteiger charge is 2.24. The first-order valence-electron chi connectivity index (χ1n) is 14.2. The third-order valence-corrected chi connectivity index (χ3v) is 7.57. The maximum atomic E-state index is 15.9. The lowest BCUT2D eigenvalue weighted by Crippen LogP contribution is -2.43. The Morgan fingerprint density at radius 3 is 2.73 bits per heavy atom. The summed E-state index contributed by atoms with van der Waals surface area (Å²) >= 11 is 0. The minimum atomic E-state index is -0.691. The number of hydrogen-bond donors (Lipinski definition) is 4. The van der Waals surface area contributed by atoms with E-state index in [-0.39, 0.29) is 47.3 Å². The van der Waals surface area contributed by atoms with Gasteiger partial charge in [0, 0.05) is 42.5 Å². The average molecular weight is 565 g/mol. The molecule has 4 heterocycles. The van der Waals surface area contributed by atoms with Crippen LogP contribution in [0.25, 0.3) is 5.65 Å². The Labute approximate surface area is 238 Å². The van der Waals surface area contributed by atoms with Crippen LogP contribution in [0.2, 0.25) is 0 Å². The molecule has 0 aliphatic carbocycles. The van der Waals surface area contributed by atoms with Crippen LogP contribution in [-0.4, -0.2) is 63.1 Å². The first kappa shape index (κ1) is 28.6. The van der Waals surface area contributed by atoms with Gasteiger partial charge in [0.1, 0.15) is 0 Å². The number of allylic oxidation sites excluding steroid dienone is 1. The first-order chi connectivity index (χ1) is 19.9. The number of nitrogens with zero attached hydrogens (tertiary/aromatic N) is 4. The van der Waals surface area contributed by atoms with E-state index in [1.807, 2.05) is 0 Å². The zero-order chi connectivity index (χ0) is 28.9. The Bertz CT molecular complexity index is 1430. The van der Waals surface area contributed by atoms with E-state index >= 15 is 4.39 Å². The summed E-state index contributed by atoms with van der Waals surface area (Å²) in [4.78, 5) is 34.9. The van der Waals surface area contributed by atoms with Crippen molar-refractivity contribution >= 4 is 34.9 Å². The van der Waals surface area contributed by atoms with E-state index in [2.05, 4.69) is 51.8 Å². The maximum absolute atomic E-state index is 15.9. The van der Waals surface area contributed by atoms with Gasteiger partial charge in [-0.2, -0.15) is 19.6 Å². The normalized spacial score (nSPS) is 17.9. The second-order valence-corrected chi connectivity index (χ2v) is 10.8. The zero-order valence-corrected chi connectivity index (χ0v) is 23.5. The van der Waals surface area contributed by atoms with E-state index in [0.717, 1.165) is 43.9 Å². The Morgan fingerprint density at radius 1 is 1.22 bits per heavy atom. The molecule has 1 amide bonds. The fourth-order valence-electron chi connectivity index (χ4n) is 5.20. The van der Waals surface area contributed by atoms with E-state index in [0.29, 0.717) is 37.2 Å². The summed E-state index contributed by atoms with van der Waals surface area (Å²) < 4.78 is 23.0. The molecular formula is C29H37FN8O3. The van der Waals surface area contributed by atoms with Crippen molar-refractivity contribution in [3.05, 3.63) is 53.5 Å². The molecule has 5 rings (SSSR count). The van der Waals surface area contributed by atoms with E-state index in [9.17, 15) is 9.59 Å². The van der Waals surface area contributed by atoms with Crippen LogP contribution in [0.3, 0.4) is 0 Å². The second kappa shape index (κ2) is 12.7. The highest BCUT2D eigenvalue weighted by atomic mass is 19.1. The number of hydrogen-bond acceptors (Lipinski definition) is 9. The summed E-state index contributed by atoms with van der Waals surface area (Å²) in [6.45, 7) is 9.66. The highest BCUT2D eigenvalue weighted by molar-refractivity contribution is 6.06. The molecule has 218 valence electrons. The van der Waals surface area contributed by atoms with Crippen LogP contribution in [0.5, 0.6) is 0 Å². The molecule has 0 bridgehead atoms. The molecule has 0 spiro atoms. The molecule has 12 heteroatoms. The number of amides is 1. The van der Waals surface area contributed by atoms with Crippen molar-refractivity contribution in [2.24, 2.45) is 0 Å². The molecule has 2 aliphatic heterocycles. The number of piperidine rings is 1. The highest BCUT2D eigenvalue weighted by Crippen LogP contribution is 2.27. The quantitative estimate of drug-likeness (QED) is 0.213. The number of benzene rings is 1. The standard InChI is InChI=1S/C29H37FN8O3/c1-4-24(39)19-8-9-22(35-27(40)23-7-5-6-12-31-23)25(30)21(19)15-32-29-37-28(34-18-10-13-41-14-11-18)36-26-20(17(2)3)16-33-38(26)29/h4,8-9,16-18,23,31H,1,5-7,10-15H2,2-3H3,(H,35,40)(H2,32,34,36,37). The topological polar surface area (TPSA) is 135 Å². The van der Waals surface area contributed by atoms with Crippen LogP contribution in [0, 0.1) is 5.82 Å². The number of carbonyl (C=O) groups is 2. The maximum Gasteiger partial charge on any atom is 0.241 e. The molecule has 1 unspecified atom stereocenters. The predicted molar refractivity (Wildman–Crippen MR) is 155 cm³/mol. The van der Waals surface area contributed by atoms with Crippen molar-refractivity contribution in [2.45, 2.75) is 70.5 Å². The minimum absolute atomic E-state index is 0.00989. The van der Waals surface area contributed by atoms with Crippen LogP contribution in [0.4, 0.5) is 22.0 Å². The Balaban J connectivity index is 1.46. The fourth-order valence-corrected chi connectivity index (χ4v) is 5.20. The van der Waals surface area contributed by atoms with E-state index in [1.54, 1.807) is 10.7 Å². The van der Waals surface area contributed by atoms with Gasteiger partial charge in [0.05, 0.1) is 17.9 Å². The van der Waals surface area contributed by atoms with Crippen molar-refractivity contribution in [1.29, 1.82) is 0 Å². The Hall–Kier alpha value is -3.90. The molecule has 2 aliphatic rings. The number of ketones is 1. The van der Waals surface area contributed by atoms with Crippen molar-refractivity contribution in [2.75, 3.05) is 35.7 Å². The van der Waals surface area contributed by atoms with Gasteiger partial charge in [-0.05, 0) is 56.4 Å². The predicted octanol–water partition coefficient (Wildman–Crippen LogP) is 4.04. The van der Waals surface area contributed by atoms with Gasteiger partial charge in [-0.15, -0.1) is 0 Å². The van der Waals surface area contributed by atoms with Crippen LogP contribution in [0.1, 0.15) is 73.4 Å². The van der Waals surface area contributed by atoms with Crippen molar-refractivity contribution in [3.8, 4) is 0 Å². The van der Waals surface area contributed by atoms with Gasteiger partial charge in [0.15, 0.2) is 17.2 Å². The Kier molecular flexibility index (Phi) is 8.89. The smallest absolute Gasteiger partial charge is 0.241 e. The number of aromatic nitrogens is 4. The van der Waals surface area contributed by atoms with Gasteiger partial charge in [-0.3, -0.25) is 9.59 Å². The lowest BCUT2D eigenvalue weighted by molar-refractivity contribution is -0.118. The molecule has 1 atom stereocenters. The minimum Gasteiger partial charge on any atom is -0.381 e. The molecule has 4 N–H and O–H groups in total. The van der Waals surface area contributed by atoms with E-state index < -0.39 is 11.6 Å². The fraction of sp³-hybridized carbons (Fsp3) is 0.483. The second-order valence-electron chi connectivity index (χ2n) is 10.8. The number of carbonyl (C=O) groups excluding carboxylic acids is 2. The van der Waals surface area contributed by atoms with Crippen LogP contribution in [0.15, 0.2) is 31.0 Å². The van der Waals surface area contributed by atoms with Crippen molar-refractivity contribution in [3.63, 3.8) is 0 Å². The summed E-state index contributed by atoms with van der Waals surface area (Å²) in [7, 11) is 0. The molecule has 41 heavy (non-hydrogen) atoms. The number of ether oxygens (including phenoxy) is 1. The zero-order valence-electron chi connectivity index (χ0n) is 23.5. The molecule has 3 aromatic rings. The number of rotatable bonds is 10. The molecule has 2 fully saturated rings. The van der Waals surface area contributed by atoms with Crippen molar-refractivity contribution in [1.82, 2.24) is 24.9 Å². The summed E-state index contributed by atoms with van der Waals surface area (Å²) in [5, 5.41) is 16.9. The van der Waals surface area contributed by atoms with Gasteiger partial charge in [0.2, 0.25) is 17.8 Å². The van der Waals surface area contributed by atoms with Crippen LogP contribution >= 0.6 is 0 Å². The van der Waals surface area contributed by atoms with Crippen LogP contribution < -0.4 is 21.3 Å². The van der Waals surface area contributed by atoms with Gasteiger partial charge < -0.3 is 26.0 Å². The molecule has 11 nitrogen and oxygen atoms in total. The summed E-state index contributed by atoms with van der Waals surface area (Å²) in [6, 6.07) is 2.70. The van der Waals surface area contributed by atoms with Gasteiger partial charge in [0.25, 0.3) is 0 Å². The van der Waals surface area contributed by atoms with Crippen LogP contribution in [-0.2, 0) is 16.1 Å². The number of fused-ring (bicyclic) bond motifs is 1. The molecule has 2 aromatic heterocycles. The molecule has 0 radical (unpaired) electrons. The van der Waals surface area contributed by atoms with E-state index in [4.69, 9.17) is 9.72 Å². The summed E-state index contributed by atoms with van der Waals surface area (Å²) in [6.07, 6.45) is 7.18. The lowest BCUT2D eigenvalue weighted by Gasteiger charge is -2.23. The van der Waals surface area contributed by atoms with Gasteiger partial charge in [-0.25, -0.2) is 4.39 Å². The molecule has 2 saturated heterocycles. The third kappa shape index (κ3) is 6.38. The summed E-state index contributed by atoms with van der Waals surface area (Å²) in [5.41, 5.74) is 1.83. The van der Waals surface area contributed by atoms with E-state index in [1.165, 1.54) is 12.1 Å². The Morgan fingerprint density at radius 2 is 2.02 bits per heavy atom. The molecule has 0 saturated carbocycles. The number of nitrogens with one attached hydrogen (secondary N) is 4. The molecule has 1 aromatic carbocycles. The van der Waals surface area contributed by atoms with Crippen molar-refractivity contribution < 1.29 is 18.7 Å². The third-order valence-electron chi connectivity index (χ3n) is 7.57. The number of halogens is 1. The summed E-state index contributed by atoms with van der Waals surface area (Å²) in [5.74, 6) is -0.484. The average Bonchev–Trinajstić information content (AvgIpc) is 3.42. The van der Waals surface area contributed by atoms with Gasteiger partial charge in [-0.1, -0.05) is 26.8 Å². The largest absolute Gasteiger partial charge is 0.381 e.